The Morgan fingerprint density at radius 2 is 1.69 bits per heavy atom. The number of rotatable bonds is 6. The summed E-state index contributed by atoms with van der Waals surface area (Å²) >= 11 is 5.39. The van der Waals surface area contributed by atoms with Gasteiger partial charge < -0.3 is 14.8 Å². The molecule has 0 amide bonds. The number of benzene rings is 2. The molecule has 0 bridgehead atoms. The molecule has 0 aliphatic rings. The SMILES string of the molecule is CC/C(=N\NC(=S)Nc1c(C)cccc1C)c1ccc(OC)c(OC)c1. The molecule has 26 heavy (non-hydrogen) atoms. The average molecular weight is 372 g/mol. The summed E-state index contributed by atoms with van der Waals surface area (Å²) in [5, 5.41) is 8.14. The molecule has 2 aromatic carbocycles. The Kier molecular flexibility index (Phi) is 6.97. The van der Waals surface area contributed by atoms with Crippen molar-refractivity contribution < 1.29 is 9.47 Å². The van der Waals surface area contributed by atoms with Crippen molar-refractivity contribution in [2.24, 2.45) is 5.10 Å². The van der Waals surface area contributed by atoms with Crippen molar-refractivity contribution in [1.82, 2.24) is 5.43 Å². The first-order valence-electron chi connectivity index (χ1n) is 8.42. The maximum absolute atomic E-state index is 5.39. The van der Waals surface area contributed by atoms with E-state index < -0.39 is 0 Å². The van der Waals surface area contributed by atoms with Gasteiger partial charge in [0.2, 0.25) is 0 Å². The Balaban J connectivity index is 2.15. The molecule has 5 nitrogen and oxygen atoms in total. The molecule has 0 aliphatic heterocycles. The summed E-state index contributed by atoms with van der Waals surface area (Å²) in [7, 11) is 3.23. The molecule has 0 heterocycles. The van der Waals surface area contributed by atoms with Crippen LogP contribution in [0.25, 0.3) is 0 Å². The first-order chi connectivity index (χ1) is 12.5. The third-order valence-electron chi connectivity index (χ3n) is 4.06. The Hall–Kier alpha value is -2.60. The van der Waals surface area contributed by atoms with Crippen molar-refractivity contribution in [1.29, 1.82) is 0 Å². The van der Waals surface area contributed by atoms with Gasteiger partial charge in [0, 0.05) is 11.3 Å². The molecule has 6 heteroatoms. The third kappa shape index (κ3) is 4.73. The molecule has 2 N–H and O–H groups in total. The summed E-state index contributed by atoms with van der Waals surface area (Å²) in [6, 6.07) is 11.8. The lowest BCUT2D eigenvalue weighted by Gasteiger charge is -2.14. The minimum absolute atomic E-state index is 0.453. The van der Waals surface area contributed by atoms with Gasteiger partial charge in [0.15, 0.2) is 16.6 Å². The molecule has 0 radical (unpaired) electrons. The second-order valence-corrected chi connectivity index (χ2v) is 6.22. The van der Waals surface area contributed by atoms with E-state index in [2.05, 4.69) is 15.8 Å². The summed E-state index contributed by atoms with van der Waals surface area (Å²) in [6.45, 7) is 6.13. The van der Waals surface area contributed by atoms with Gasteiger partial charge in [0.25, 0.3) is 0 Å². The van der Waals surface area contributed by atoms with E-state index in [0.29, 0.717) is 16.6 Å². The molecule has 0 saturated carbocycles. The average Bonchev–Trinajstić information content (AvgIpc) is 2.65. The number of aryl methyl sites for hydroxylation is 2. The van der Waals surface area contributed by atoms with Gasteiger partial charge in [0.05, 0.1) is 19.9 Å². The summed E-state index contributed by atoms with van der Waals surface area (Å²) < 4.78 is 10.6. The van der Waals surface area contributed by atoms with Crippen molar-refractivity contribution >= 4 is 28.7 Å². The van der Waals surface area contributed by atoms with Gasteiger partial charge in [-0.2, -0.15) is 5.10 Å². The Bertz CT molecular complexity index is 798. The van der Waals surface area contributed by atoms with Crippen molar-refractivity contribution in [3.8, 4) is 11.5 Å². The fourth-order valence-corrected chi connectivity index (χ4v) is 2.78. The van der Waals surface area contributed by atoms with Crippen LogP contribution in [0.5, 0.6) is 11.5 Å². The fourth-order valence-electron chi connectivity index (χ4n) is 2.63. The normalized spacial score (nSPS) is 11.0. The summed E-state index contributed by atoms with van der Waals surface area (Å²) in [4.78, 5) is 0. The van der Waals surface area contributed by atoms with Crippen LogP contribution in [0.3, 0.4) is 0 Å². The number of hydrazone groups is 1. The first kappa shape index (κ1) is 19.7. The van der Waals surface area contributed by atoms with Crippen molar-refractivity contribution in [3.63, 3.8) is 0 Å². The molecule has 0 saturated heterocycles. The van der Waals surface area contributed by atoms with Crippen molar-refractivity contribution in [3.05, 3.63) is 53.1 Å². The largest absolute Gasteiger partial charge is 0.493 e. The van der Waals surface area contributed by atoms with Crippen LogP contribution in [0.4, 0.5) is 5.69 Å². The molecule has 2 aromatic rings. The number of hydrogen-bond donors (Lipinski definition) is 2. The number of para-hydroxylation sites is 1. The zero-order valence-electron chi connectivity index (χ0n) is 15.8. The number of anilines is 1. The minimum Gasteiger partial charge on any atom is -0.493 e. The van der Waals surface area contributed by atoms with Gasteiger partial charge in [0.1, 0.15) is 0 Å². The molecule has 0 aliphatic carbocycles. The second-order valence-electron chi connectivity index (χ2n) is 5.81. The van der Waals surface area contributed by atoms with Gasteiger partial charge in [-0.15, -0.1) is 0 Å². The number of nitrogens with zero attached hydrogens (tertiary/aromatic N) is 1. The van der Waals surface area contributed by atoms with E-state index in [-0.39, 0.29) is 0 Å². The van der Waals surface area contributed by atoms with E-state index in [1.54, 1.807) is 14.2 Å². The highest BCUT2D eigenvalue weighted by Crippen LogP contribution is 2.28. The van der Waals surface area contributed by atoms with E-state index in [1.165, 1.54) is 0 Å². The molecule has 0 fully saturated rings. The van der Waals surface area contributed by atoms with E-state index in [9.17, 15) is 0 Å². The van der Waals surface area contributed by atoms with Gasteiger partial charge in [-0.3, -0.25) is 5.43 Å². The van der Waals surface area contributed by atoms with Crippen LogP contribution in [-0.2, 0) is 0 Å². The zero-order chi connectivity index (χ0) is 19.1. The Labute approximate surface area is 160 Å². The van der Waals surface area contributed by atoms with Crippen molar-refractivity contribution in [2.45, 2.75) is 27.2 Å². The second kappa shape index (κ2) is 9.20. The number of methoxy groups -OCH3 is 2. The monoisotopic (exact) mass is 371 g/mol. The van der Waals surface area contributed by atoms with Crippen LogP contribution in [0.2, 0.25) is 0 Å². The Morgan fingerprint density at radius 3 is 2.27 bits per heavy atom. The van der Waals surface area contributed by atoms with Gasteiger partial charge in [-0.25, -0.2) is 0 Å². The van der Waals surface area contributed by atoms with Crippen LogP contribution in [0.15, 0.2) is 41.5 Å². The van der Waals surface area contributed by atoms with E-state index in [4.69, 9.17) is 21.7 Å². The number of hydrogen-bond acceptors (Lipinski definition) is 4. The highest BCUT2D eigenvalue weighted by atomic mass is 32.1. The zero-order valence-corrected chi connectivity index (χ0v) is 16.7. The maximum Gasteiger partial charge on any atom is 0.191 e. The lowest BCUT2D eigenvalue weighted by atomic mass is 10.1. The number of thiocarbonyl (C=S) groups is 1. The van der Waals surface area contributed by atoms with Gasteiger partial charge in [-0.1, -0.05) is 25.1 Å². The molecule has 0 atom stereocenters. The topological polar surface area (TPSA) is 54.9 Å². The summed E-state index contributed by atoms with van der Waals surface area (Å²) in [6.07, 6.45) is 0.745. The molecule has 2 rings (SSSR count). The van der Waals surface area contributed by atoms with Gasteiger partial charge >= 0.3 is 0 Å². The Morgan fingerprint density at radius 1 is 1.04 bits per heavy atom. The smallest absolute Gasteiger partial charge is 0.191 e. The first-order valence-corrected chi connectivity index (χ1v) is 8.83. The lowest BCUT2D eigenvalue weighted by molar-refractivity contribution is 0.355. The summed E-state index contributed by atoms with van der Waals surface area (Å²) in [5.41, 5.74) is 8.03. The highest BCUT2D eigenvalue weighted by Gasteiger charge is 2.09. The number of ether oxygens (including phenoxy) is 2. The quantitative estimate of drug-likeness (QED) is 0.447. The van der Waals surface area contributed by atoms with Crippen LogP contribution >= 0.6 is 12.2 Å². The molecular weight excluding hydrogens is 346 g/mol. The predicted molar refractivity (Wildman–Crippen MR) is 112 cm³/mol. The fraction of sp³-hybridized carbons (Fsp3) is 0.300. The van der Waals surface area contributed by atoms with Crippen LogP contribution in [0, 0.1) is 13.8 Å². The van der Waals surface area contributed by atoms with Crippen LogP contribution < -0.4 is 20.2 Å². The lowest BCUT2D eigenvalue weighted by Crippen LogP contribution is -2.26. The van der Waals surface area contributed by atoms with Gasteiger partial charge in [-0.05, 0) is 61.8 Å². The predicted octanol–water partition coefficient (Wildman–Crippen LogP) is 4.42. The minimum atomic E-state index is 0.453. The molecule has 0 unspecified atom stereocenters. The third-order valence-corrected chi connectivity index (χ3v) is 4.26. The summed E-state index contributed by atoms with van der Waals surface area (Å²) in [5.74, 6) is 1.36. The van der Waals surface area contributed by atoms with E-state index in [0.717, 1.165) is 34.5 Å². The maximum atomic E-state index is 5.39. The molecular formula is C20H25N3O2S. The number of nitrogens with one attached hydrogen (secondary N) is 2. The van der Waals surface area contributed by atoms with E-state index in [1.807, 2.05) is 57.2 Å². The van der Waals surface area contributed by atoms with Crippen LogP contribution in [0.1, 0.15) is 30.0 Å². The highest BCUT2D eigenvalue weighted by molar-refractivity contribution is 7.80. The molecule has 0 aromatic heterocycles. The van der Waals surface area contributed by atoms with E-state index >= 15 is 0 Å². The molecule has 0 spiro atoms. The molecule has 138 valence electrons. The van der Waals surface area contributed by atoms with Crippen molar-refractivity contribution in [2.75, 3.05) is 19.5 Å². The van der Waals surface area contributed by atoms with Crippen LogP contribution in [-0.4, -0.2) is 25.0 Å². The standard InChI is InChI=1S/C20H25N3O2S/c1-6-16(15-10-11-17(24-4)18(12-15)25-5)22-23-20(26)21-19-13(2)8-7-9-14(19)3/h7-12H,6H2,1-5H3,(H2,21,23,26)/b22-16+.